The summed E-state index contributed by atoms with van der Waals surface area (Å²) in [4.78, 5) is 0. The lowest BCUT2D eigenvalue weighted by Crippen LogP contribution is -2.30. The lowest BCUT2D eigenvalue weighted by Gasteiger charge is -2.29. The molecule has 0 aliphatic carbocycles. The van der Waals surface area contributed by atoms with Gasteiger partial charge in [-0.3, -0.25) is 0 Å². The molecule has 206 valence electrons. The van der Waals surface area contributed by atoms with Crippen LogP contribution in [0.3, 0.4) is 0 Å². The maximum atomic E-state index is 6.35. The Morgan fingerprint density at radius 3 is 1.09 bits per heavy atom. The van der Waals surface area contributed by atoms with E-state index in [4.69, 9.17) is 18.9 Å². The summed E-state index contributed by atoms with van der Waals surface area (Å²) in [6.45, 7) is 27.4. The zero-order valence-corrected chi connectivity index (χ0v) is 28.1. The minimum absolute atomic E-state index is 0.0653. The van der Waals surface area contributed by atoms with Crippen molar-refractivity contribution < 1.29 is 18.9 Å². The van der Waals surface area contributed by atoms with Crippen molar-refractivity contribution in [2.24, 2.45) is 0 Å². The van der Waals surface area contributed by atoms with Crippen LogP contribution in [0.5, 0.6) is 0 Å². The number of hydrogen-bond acceptors (Lipinski definition) is 4. The van der Waals surface area contributed by atoms with Gasteiger partial charge in [-0.25, -0.2) is 0 Å². The van der Waals surface area contributed by atoms with E-state index in [1.165, 1.54) is 37.0 Å². The zero-order valence-electron chi connectivity index (χ0n) is 25.3. The van der Waals surface area contributed by atoms with Crippen molar-refractivity contribution in [3.05, 3.63) is 0 Å². The second-order valence-electron chi connectivity index (χ2n) is 13.9. The van der Waals surface area contributed by atoms with Crippen molar-refractivity contribution in [1.82, 2.24) is 0 Å². The predicted octanol–water partition coefficient (Wildman–Crippen LogP) is 6.56. The SMILES string of the molecule is CC(C)(C)OCCC(C[SiH2]CCCC[SiH2]CC(CCOC(C)(C)C)OC(C)(C)C)OC(C)(C)C. The Morgan fingerprint density at radius 1 is 0.500 bits per heavy atom. The van der Waals surface area contributed by atoms with Gasteiger partial charge in [-0.05, 0) is 108 Å². The Hall–Kier alpha value is 0.274. The Balaban J connectivity index is 4.17. The first-order valence-corrected chi connectivity index (χ1v) is 18.0. The van der Waals surface area contributed by atoms with Gasteiger partial charge in [-0.1, -0.05) is 24.9 Å². The Labute approximate surface area is 218 Å². The Bertz CT molecular complexity index is 452. The van der Waals surface area contributed by atoms with E-state index in [2.05, 4.69) is 83.1 Å². The molecule has 34 heavy (non-hydrogen) atoms. The third-order valence-electron chi connectivity index (χ3n) is 5.29. The molecule has 0 spiro atoms. The Kier molecular flexibility index (Phi) is 16.3. The van der Waals surface area contributed by atoms with Gasteiger partial charge in [0.2, 0.25) is 0 Å². The third kappa shape index (κ3) is 25.4. The predicted molar refractivity (Wildman–Crippen MR) is 155 cm³/mol. The van der Waals surface area contributed by atoms with Crippen LogP contribution in [0.25, 0.3) is 0 Å². The van der Waals surface area contributed by atoms with Gasteiger partial charge in [-0.15, -0.1) is 0 Å². The van der Waals surface area contributed by atoms with Gasteiger partial charge in [0.25, 0.3) is 0 Å². The molecule has 2 atom stereocenters. The monoisotopic (exact) mass is 518 g/mol. The molecule has 0 aromatic carbocycles. The second kappa shape index (κ2) is 16.2. The van der Waals surface area contributed by atoms with E-state index in [9.17, 15) is 0 Å². The van der Waals surface area contributed by atoms with Gasteiger partial charge in [0.1, 0.15) is 0 Å². The van der Waals surface area contributed by atoms with Crippen LogP contribution in [0.1, 0.15) is 109 Å². The summed E-state index contributed by atoms with van der Waals surface area (Å²) in [5, 5.41) is 0. The molecule has 0 aromatic heterocycles. The van der Waals surface area contributed by atoms with Crippen LogP contribution in [0, 0.1) is 0 Å². The molecule has 0 N–H and O–H groups in total. The molecule has 0 saturated carbocycles. The number of ether oxygens (including phenoxy) is 4. The molecular weight excluding hydrogens is 456 g/mol. The van der Waals surface area contributed by atoms with Crippen molar-refractivity contribution >= 4 is 19.0 Å². The van der Waals surface area contributed by atoms with Crippen molar-refractivity contribution in [2.75, 3.05) is 13.2 Å². The standard InChI is InChI=1S/C28H62O4Si2/c1-25(2,3)29-17-15-23(31-27(7,8)9)21-33-19-13-14-20-34-22-24(32-28(10,11)12)16-18-30-26(4,5)6/h23-24H,13-22,33-34H2,1-12H3. The van der Waals surface area contributed by atoms with E-state index in [0.717, 1.165) is 26.1 Å². The van der Waals surface area contributed by atoms with Gasteiger partial charge in [0.05, 0.1) is 34.6 Å². The third-order valence-corrected chi connectivity index (χ3v) is 9.40. The summed E-state index contributed by atoms with van der Waals surface area (Å²) in [5.41, 5.74) is -0.278. The van der Waals surface area contributed by atoms with Crippen LogP contribution in [0.4, 0.5) is 0 Å². The summed E-state index contributed by atoms with van der Waals surface area (Å²) >= 11 is 0. The summed E-state index contributed by atoms with van der Waals surface area (Å²) in [7, 11) is -0.143. The molecule has 6 heteroatoms. The molecule has 0 aliphatic rings. The molecule has 0 heterocycles. The highest BCUT2D eigenvalue weighted by Gasteiger charge is 2.21. The molecule has 0 aliphatic heterocycles. The smallest absolute Gasteiger partial charge is 0.0602 e. The van der Waals surface area contributed by atoms with E-state index in [1.807, 2.05) is 0 Å². The first kappa shape index (κ1) is 34.3. The van der Waals surface area contributed by atoms with Crippen molar-refractivity contribution in [1.29, 1.82) is 0 Å². The second-order valence-corrected chi connectivity index (χ2v) is 17.9. The van der Waals surface area contributed by atoms with Crippen LogP contribution in [0.15, 0.2) is 0 Å². The highest BCUT2D eigenvalue weighted by Crippen LogP contribution is 2.20. The number of hydrogen-bond donors (Lipinski definition) is 0. The minimum atomic E-state index is -0.0734. The molecule has 0 amide bonds. The van der Waals surface area contributed by atoms with E-state index >= 15 is 0 Å². The summed E-state index contributed by atoms with van der Waals surface area (Å²) < 4.78 is 24.6. The highest BCUT2D eigenvalue weighted by atomic mass is 28.2. The molecule has 0 fully saturated rings. The summed E-state index contributed by atoms with van der Waals surface area (Å²) in [6, 6.07) is 5.44. The van der Waals surface area contributed by atoms with Crippen LogP contribution >= 0.6 is 0 Å². The quantitative estimate of drug-likeness (QED) is 0.161. The number of rotatable bonds is 17. The molecule has 0 radical (unpaired) electrons. The van der Waals surface area contributed by atoms with Crippen molar-refractivity contribution in [2.45, 2.75) is 168 Å². The van der Waals surface area contributed by atoms with Gasteiger partial charge in [0, 0.05) is 32.3 Å². The van der Waals surface area contributed by atoms with E-state index in [-0.39, 0.29) is 41.4 Å². The van der Waals surface area contributed by atoms with Crippen LogP contribution in [-0.2, 0) is 18.9 Å². The molecule has 0 saturated heterocycles. The fourth-order valence-electron chi connectivity index (χ4n) is 3.97. The maximum absolute atomic E-state index is 6.35. The topological polar surface area (TPSA) is 36.9 Å². The minimum Gasteiger partial charge on any atom is -0.376 e. The van der Waals surface area contributed by atoms with E-state index < -0.39 is 0 Å². The zero-order chi connectivity index (χ0) is 26.5. The first-order valence-electron chi connectivity index (χ1n) is 14.0. The summed E-state index contributed by atoms with van der Waals surface area (Å²) in [5.74, 6) is 0. The molecule has 2 unspecified atom stereocenters. The molecule has 0 rings (SSSR count). The maximum Gasteiger partial charge on any atom is 0.0602 e. The normalized spacial score (nSPS) is 16.2. The first-order chi connectivity index (χ1) is 15.4. The highest BCUT2D eigenvalue weighted by molar-refractivity contribution is 6.36. The fraction of sp³-hybridized carbons (Fsp3) is 1.00. The van der Waals surface area contributed by atoms with Gasteiger partial charge < -0.3 is 18.9 Å². The lowest BCUT2D eigenvalue weighted by atomic mass is 10.1. The van der Waals surface area contributed by atoms with Gasteiger partial charge in [0.15, 0.2) is 0 Å². The summed E-state index contributed by atoms with van der Waals surface area (Å²) in [6.07, 6.45) is 5.55. The molecule has 0 aromatic rings. The fourth-order valence-corrected chi connectivity index (χ4v) is 7.68. The van der Waals surface area contributed by atoms with Crippen LogP contribution < -0.4 is 0 Å². The average molecular weight is 519 g/mol. The molecule has 4 nitrogen and oxygen atoms in total. The van der Waals surface area contributed by atoms with Gasteiger partial charge in [-0.2, -0.15) is 0 Å². The average Bonchev–Trinajstić information content (AvgIpc) is 2.58. The van der Waals surface area contributed by atoms with Crippen LogP contribution in [-0.4, -0.2) is 66.9 Å². The van der Waals surface area contributed by atoms with E-state index in [0.29, 0.717) is 12.2 Å². The van der Waals surface area contributed by atoms with E-state index in [1.54, 1.807) is 0 Å². The van der Waals surface area contributed by atoms with Crippen molar-refractivity contribution in [3.63, 3.8) is 0 Å². The number of unbranched alkanes of at least 4 members (excludes halogenated alkanes) is 1. The lowest BCUT2D eigenvalue weighted by molar-refractivity contribution is -0.0768. The Morgan fingerprint density at radius 2 is 0.824 bits per heavy atom. The van der Waals surface area contributed by atoms with Crippen LogP contribution in [0.2, 0.25) is 24.2 Å². The van der Waals surface area contributed by atoms with Crippen molar-refractivity contribution in [3.8, 4) is 0 Å². The molecule has 0 bridgehead atoms. The molecular formula is C28H62O4Si2. The largest absolute Gasteiger partial charge is 0.376 e. The van der Waals surface area contributed by atoms with Gasteiger partial charge >= 0.3 is 0 Å².